The minimum absolute atomic E-state index is 0. The Balaban J connectivity index is -0.000000418. The monoisotopic (exact) mass is 399 g/mol. The van der Waals surface area contributed by atoms with Crippen molar-refractivity contribution in [2.45, 2.75) is 125 Å². The Kier molecular flexibility index (Phi) is 23.0. The van der Waals surface area contributed by atoms with Gasteiger partial charge in [0.15, 0.2) is 0 Å². The van der Waals surface area contributed by atoms with Crippen LogP contribution in [0.25, 0.3) is 21.3 Å². The van der Waals surface area contributed by atoms with Gasteiger partial charge in [-0.1, -0.05) is 88.5 Å². The van der Waals surface area contributed by atoms with Gasteiger partial charge in [-0.3, -0.25) is 6.67 Å². The number of rotatable bonds is 12. The molecule has 0 aromatic heterocycles. The molecule has 25 heavy (non-hydrogen) atoms. The second-order valence-electron chi connectivity index (χ2n) is 7.54. The Morgan fingerprint density at radius 3 is 1.08 bits per heavy atom. The van der Waals surface area contributed by atoms with Crippen molar-refractivity contribution in [2.75, 3.05) is 6.67 Å². The zero-order valence-electron chi connectivity index (χ0n) is 18.4. The second kappa shape index (κ2) is 19.1. The smallest absolute Gasteiger partial charge is 0 e. The van der Waals surface area contributed by atoms with Crippen molar-refractivity contribution in [1.29, 1.82) is 0 Å². The molecule has 0 bridgehead atoms. The first kappa shape index (κ1) is 30.1. The van der Waals surface area contributed by atoms with Gasteiger partial charge in [0, 0.05) is 16.8 Å². The third kappa shape index (κ3) is 24.3. The zero-order valence-corrected chi connectivity index (χ0v) is 19.5. The fourth-order valence-electron chi connectivity index (χ4n) is 2.20. The first-order chi connectivity index (χ1) is 11.1. The molecule has 0 rings (SSSR count). The van der Waals surface area contributed by atoms with Crippen LogP contribution in [0, 0.1) is 0 Å². The van der Waals surface area contributed by atoms with Crippen LogP contribution >= 0.6 is 0 Å². The van der Waals surface area contributed by atoms with Gasteiger partial charge in [0.05, 0.1) is 0 Å². The number of hydrogen-bond donors (Lipinski definition) is 0. The standard InChI is InChI=1S/C13H28N2.C7H16N2.Co/c1-7-12(14-10(3)4)9-13(8-2)15-11(5)6;1-6(2)8-5-9-7(3)4;/h10-13H,7-9H2,1-6H3;6-7H,5H2,1-4H3;/q2*-2;. The van der Waals surface area contributed by atoms with Gasteiger partial charge in [0.2, 0.25) is 0 Å². The number of hydrogen-bond acceptors (Lipinski definition) is 0. The molecule has 0 aliphatic heterocycles. The van der Waals surface area contributed by atoms with Gasteiger partial charge >= 0.3 is 0 Å². The fourth-order valence-corrected chi connectivity index (χ4v) is 2.20. The predicted molar refractivity (Wildman–Crippen MR) is 112 cm³/mol. The van der Waals surface area contributed by atoms with E-state index < -0.39 is 0 Å². The van der Waals surface area contributed by atoms with Crippen LogP contribution in [0.4, 0.5) is 0 Å². The summed E-state index contributed by atoms with van der Waals surface area (Å²) in [7, 11) is 0. The quantitative estimate of drug-likeness (QED) is 0.339. The molecule has 0 aromatic carbocycles. The van der Waals surface area contributed by atoms with Crippen LogP contribution in [0.5, 0.6) is 0 Å². The van der Waals surface area contributed by atoms with Crippen molar-refractivity contribution in [3.63, 3.8) is 0 Å². The van der Waals surface area contributed by atoms with Crippen LogP contribution in [0.3, 0.4) is 0 Å². The molecule has 0 saturated heterocycles. The topological polar surface area (TPSA) is 56.4 Å². The van der Waals surface area contributed by atoms with E-state index in [4.69, 9.17) is 10.6 Å². The molecule has 0 aliphatic rings. The van der Waals surface area contributed by atoms with E-state index in [-0.39, 0.29) is 16.8 Å². The van der Waals surface area contributed by atoms with Gasteiger partial charge in [-0.15, -0.1) is 36.3 Å². The zero-order chi connectivity index (χ0) is 19.1. The van der Waals surface area contributed by atoms with Gasteiger partial charge < -0.3 is 21.3 Å². The van der Waals surface area contributed by atoms with Gasteiger partial charge in [-0.2, -0.15) is 0 Å². The Morgan fingerprint density at radius 1 is 0.560 bits per heavy atom. The van der Waals surface area contributed by atoms with Crippen LogP contribution in [0.2, 0.25) is 0 Å². The van der Waals surface area contributed by atoms with Gasteiger partial charge in [-0.05, 0) is 0 Å². The fraction of sp³-hybridized carbons (Fsp3) is 1.00. The minimum Gasteiger partial charge on any atom is -0.678 e. The molecule has 0 saturated carbocycles. The second-order valence-corrected chi connectivity index (χ2v) is 7.54. The maximum Gasteiger partial charge on any atom is 0 e. The van der Waals surface area contributed by atoms with E-state index >= 15 is 0 Å². The summed E-state index contributed by atoms with van der Waals surface area (Å²) in [6.45, 7) is 22.0. The van der Waals surface area contributed by atoms with E-state index in [1.165, 1.54) is 0 Å². The third-order valence-electron chi connectivity index (χ3n) is 3.40. The molecule has 0 amide bonds. The summed E-state index contributed by atoms with van der Waals surface area (Å²) in [5, 5.41) is 17.9. The van der Waals surface area contributed by atoms with Gasteiger partial charge in [0.1, 0.15) is 0 Å². The SMILES string of the molecule is CC(C)[N-]C[N-]C(C)C.CCC(CC(CC)[N-]C(C)C)[N-]C(C)C.[Co]. The maximum atomic E-state index is 4.73. The Hall–Kier alpha value is 0.346. The molecule has 0 fully saturated rings. The van der Waals surface area contributed by atoms with Crippen molar-refractivity contribution >= 4 is 0 Å². The summed E-state index contributed by atoms with van der Waals surface area (Å²) < 4.78 is 0. The molecule has 2 unspecified atom stereocenters. The Bertz CT molecular complexity index is 234. The minimum atomic E-state index is 0. The predicted octanol–water partition coefficient (Wildman–Crippen LogP) is 7.00. The van der Waals surface area contributed by atoms with Crippen molar-refractivity contribution < 1.29 is 16.8 Å². The van der Waals surface area contributed by atoms with E-state index in [9.17, 15) is 0 Å². The number of nitrogens with zero attached hydrogens (tertiary/aromatic N) is 4. The Labute approximate surface area is 169 Å². The van der Waals surface area contributed by atoms with E-state index in [0.717, 1.165) is 19.3 Å². The van der Waals surface area contributed by atoms with E-state index in [1.807, 2.05) is 0 Å². The normalized spacial score (nSPS) is 13.7. The van der Waals surface area contributed by atoms with Crippen LogP contribution in [0.1, 0.15) is 88.5 Å². The van der Waals surface area contributed by atoms with Crippen molar-refractivity contribution in [3.8, 4) is 0 Å². The largest absolute Gasteiger partial charge is 0.678 e. The summed E-state index contributed by atoms with van der Waals surface area (Å²) in [6, 6.07) is 2.74. The van der Waals surface area contributed by atoms with E-state index in [1.54, 1.807) is 0 Å². The van der Waals surface area contributed by atoms with Crippen LogP contribution in [-0.2, 0) is 16.8 Å². The molecule has 0 heterocycles. The molecule has 2 atom stereocenters. The summed E-state index contributed by atoms with van der Waals surface area (Å²) in [5.41, 5.74) is 0. The third-order valence-corrected chi connectivity index (χ3v) is 3.40. The molecule has 5 heteroatoms. The van der Waals surface area contributed by atoms with E-state index in [2.05, 4.69) is 79.9 Å². The van der Waals surface area contributed by atoms with Crippen LogP contribution in [0.15, 0.2) is 0 Å². The van der Waals surface area contributed by atoms with Crippen molar-refractivity contribution in [1.82, 2.24) is 0 Å². The maximum absolute atomic E-state index is 4.73. The molecule has 157 valence electrons. The molecule has 4 nitrogen and oxygen atoms in total. The summed E-state index contributed by atoms with van der Waals surface area (Å²) in [6.07, 6.45) is 3.41. The first-order valence-corrected chi connectivity index (χ1v) is 9.85. The molecular weight excluding hydrogens is 355 g/mol. The van der Waals surface area contributed by atoms with Crippen LogP contribution in [-0.4, -0.2) is 42.9 Å². The van der Waals surface area contributed by atoms with Gasteiger partial charge in [0.25, 0.3) is 0 Å². The summed E-state index contributed by atoms with van der Waals surface area (Å²) in [4.78, 5) is 0. The summed E-state index contributed by atoms with van der Waals surface area (Å²) in [5.74, 6) is 0. The van der Waals surface area contributed by atoms with Crippen molar-refractivity contribution in [2.24, 2.45) is 0 Å². The first-order valence-electron chi connectivity index (χ1n) is 9.85. The molecule has 0 N–H and O–H groups in total. The molecule has 0 aliphatic carbocycles. The molecular formula is C20H44CoN4-4. The molecule has 0 spiro atoms. The summed E-state index contributed by atoms with van der Waals surface area (Å²) >= 11 is 0. The average Bonchev–Trinajstić information content (AvgIpc) is 2.44. The Morgan fingerprint density at radius 2 is 0.880 bits per heavy atom. The molecule has 1 radical (unpaired) electrons. The van der Waals surface area contributed by atoms with Crippen molar-refractivity contribution in [3.05, 3.63) is 21.3 Å². The van der Waals surface area contributed by atoms with E-state index in [0.29, 0.717) is 42.9 Å². The van der Waals surface area contributed by atoms with Crippen LogP contribution < -0.4 is 0 Å². The average molecular weight is 400 g/mol. The van der Waals surface area contributed by atoms with Gasteiger partial charge in [-0.25, -0.2) is 0 Å². The molecule has 0 aromatic rings.